The summed E-state index contributed by atoms with van der Waals surface area (Å²) in [6.07, 6.45) is 8.41. The average molecular weight is 645 g/mol. The van der Waals surface area contributed by atoms with Crippen LogP contribution in [-0.4, -0.2) is 55.1 Å². The van der Waals surface area contributed by atoms with Crippen LogP contribution in [0, 0.1) is 37.9 Å². The first kappa shape index (κ1) is 30.8. The van der Waals surface area contributed by atoms with Gasteiger partial charge in [-0.25, -0.2) is 14.2 Å². The van der Waals surface area contributed by atoms with E-state index in [-0.39, 0.29) is 17.3 Å². The second-order valence-electron chi connectivity index (χ2n) is 14.3. The number of thiophene rings is 1. The largest absolute Gasteiger partial charge is 0.449 e. The van der Waals surface area contributed by atoms with Gasteiger partial charge in [0.25, 0.3) is 0 Å². The van der Waals surface area contributed by atoms with Gasteiger partial charge in [0.2, 0.25) is 0 Å². The van der Waals surface area contributed by atoms with Crippen LogP contribution in [-0.2, 0) is 17.6 Å². The van der Waals surface area contributed by atoms with Gasteiger partial charge < -0.3 is 14.1 Å². The fraction of sp³-hybridized carbons (Fsp3) is 0.514. The third-order valence-corrected chi connectivity index (χ3v) is 11.0. The smallest absolute Gasteiger partial charge is 0.410 e. The van der Waals surface area contributed by atoms with Gasteiger partial charge in [-0.3, -0.25) is 9.56 Å². The van der Waals surface area contributed by atoms with Crippen LogP contribution in [0.15, 0.2) is 40.1 Å². The Bertz CT molecular complexity index is 1800. The van der Waals surface area contributed by atoms with E-state index in [0.29, 0.717) is 35.3 Å². The Balaban J connectivity index is 1.10. The van der Waals surface area contributed by atoms with Crippen molar-refractivity contribution in [2.75, 3.05) is 13.1 Å². The van der Waals surface area contributed by atoms with E-state index in [1.54, 1.807) is 29.9 Å². The van der Waals surface area contributed by atoms with Crippen LogP contribution in [0.25, 0.3) is 5.00 Å². The van der Waals surface area contributed by atoms with Gasteiger partial charge in [0, 0.05) is 29.1 Å². The van der Waals surface area contributed by atoms with E-state index in [4.69, 9.17) is 14.1 Å². The Hall–Kier alpha value is -3.86. The number of halogens is 1. The molecule has 7 rings (SSSR count). The van der Waals surface area contributed by atoms with Crippen molar-refractivity contribution in [3.05, 3.63) is 81.1 Å². The number of nitrogens with zero attached hydrogens (tertiary/aromatic N) is 6. The Labute approximate surface area is 272 Å². The van der Waals surface area contributed by atoms with Crippen molar-refractivity contribution in [1.29, 1.82) is 0 Å². The molecule has 9 nitrogen and oxygen atoms in total. The summed E-state index contributed by atoms with van der Waals surface area (Å²) in [4.78, 5) is 25.0. The first-order valence-corrected chi connectivity index (χ1v) is 17.0. The molecule has 3 aliphatic rings. The number of fused-ring (bicyclic) bond motifs is 3. The summed E-state index contributed by atoms with van der Waals surface area (Å²) in [5.41, 5.74) is 3.92. The predicted octanol–water partition coefficient (Wildman–Crippen LogP) is 7.49. The molecule has 0 N–H and O–H groups in total. The second kappa shape index (κ2) is 11.4. The molecule has 2 aliphatic heterocycles. The SMILES string of the molecule is Cc1sc2c(c1C)C(c1ccc(CC3CC4(CCN(C(=O)OC(C)(C)C)CC4)C3)cc1F)=N[C@@H](Cc1ncco1)c1nnc(C)n1-2. The Morgan fingerprint density at radius 1 is 1.13 bits per heavy atom. The summed E-state index contributed by atoms with van der Waals surface area (Å²) < 4.78 is 29.4. The molecule has 0 bridgehead atoms. The number of benzene rings is 1. The van der Waals surface area contributed by atoms with Gasteiger partial charge in [-0.1, -0.05) is 6.07 Å². The first-order chi connectivity index (χ1) is 21.9. The summed E-state index contributed by atoms with van der Waals surface area (Å²) >= 11 is 1.65. The highest BCUT2D eigenvalue weighted by Gasteiger charge is 2.46. The minimum atomic E-state index is -0.482. The van der Waals surface area contributed by atoms with Gasteiger partial charge in [0.15, 0.2) is 11.7 Å². The maximum Gasteiger partial charge on any atom is 0.410 e. The lowest BCUT2D eigenvalue weighted by molar-refractivity contribution is -0.0269. The van der Waals surface area contributed by atoms with Crippen LogP contribution < -0.4 is 0 Å². The van der Waals surface area contributed by atoms with E-state index in [2.05, 4.69) is 39.7 Å². The van der Waals surface area contributed by atoms with Crippen LogP contribution in [0.5, 0.6) is 0 Å². The molecule has 1 saturated heterocycles. The van der Waals surface area contributed by atoms with E-state index in [0.717, 1.165) is 77.6 Å². The van der Waals surface area contributed by atoms with Gasteiger partial charge in [0.05, 0.1) is 18.3 Å². The average Bonchev–Trinajstić information content (AvgIpc) is 3.68. The molecule has 1 atom stereocenters. The van der Waals surface area contributed by atoms with Crippen molar-refractivity contribution in [3.8, 4) is 5.00 Å². The topological polar surface area (TPSA) is 98.6 Å². The number of aromatic nitrogens is 4. The van der Waals surface area contributed by atoms with Gasteiger partial charge >= 0.3 is 6.09 Å². The van der Waals surface area contributed by atoms with Crippen molar-refractivity contribution < 1.29 is 18.3 Å². The lowest BCUT2D eigenvalue weighted by Crippen LogP contribution is -2.50. The highest BCUT2D eigenvalue weighted by Crippen LogP contribution is 2.53. The van der Waals surface area contributed by atoms with E-state index in [1.807, 2.05) is 38.7 Å². The zero-order valence-corrected chi connectivity index (χ0v) is 28.2. The maximum atomic E-state index is 16.2. The molecule has 1 spiro atoms. The second-order valence-corrected chi connectivity index (χ2v) is 15.5. The van der Waals surface area contributed by atoms with Crippen molar-refractivity contribution in [3.63, 3.8) is 0 Å². The number of carbonyl (C=O) groups is 1. The number of aryl methyl sites for hydroxylation is 2. The number of rotatable bonds is 5. The third-order valence-electron chi connectivity index (χ3n) is 9.82. The Morgan fingerprint density at radius 2 is 1.89 bits per heavy atom. The van der Waals surface area contributed by atoms with Crippen molar-refractivity contribution in [1.82, 2.24) is 24.6 Å². The molecule has 0 unspecified atom stereocenters. The quantitative estimate of drug-likeness (QED) is 0.223. The molecule has 11 heteroatoms. The number of ether oxygens (including phenoxy) is 1. The molecule has 46 heavy (non-hydrogen) atoms. The van der Waals surface area contributed by atoms with E-state index in [1.165, 1.54) is 0 Å². The van der Waals surface area contributed by atoms with Gasteiger partial charge in [-0.2, -0.15) is 0 Å². The van der Waals surface area contributed by atoms with Gasteiger partial charge in [-0.15, -0.1) is 21.5 Å². The standard InChI is InChI=1S/C35H41FN6O3S/c1-20-21(2)46-32-29(20)30(38-27(17-28-37-11-14-44-28)31-40-39-22(3)42(31)32)25-8-7-23(16-26(25)36)15-24-18-35(19-24)9-12-41(13-10-35)33(43)45-34(4,5)6/h7-8,11,14,16,24,27H,9-10,12-13,15,17-19H2,1-6H3/t27-/m0/s1. The molecular formula is C35H41FN6O3S. The zero-order valence-electron chi connectivity index (χ0n) is 27.4. The molecule has 2 fully saturated rings. The van der Waals surface area contributed by atoms with E-state index in [9.17, 15) is 4.79 Å². The molecule has 1 aliphatic carbocycles. The lowest BCUT2D eigenvalue weighted by Gasteiger charge is -2.52. The van der Waals surface area contributed by atoms with E-state index < -0.39 is 11.6 Å². The normalized spacial score (nSPS) is 19.3. The Morgan fingerprint density at radius 3 is 2.57 bits per heavy atom. The minimum absolute atomic E-state index is 0.215. The highest BCUT2D eigenvalue weighted by atomic mass is 32.1. The summed E-state index contributed by atoms with van der Waals surface area (Å²) in [5.74, 6) is 2.24. The van der Waals surface area contributed by atoms with Crippen molar-refractivity contribution in [2.24, 2.45) is 16.3 Å². The molecule has 242 valence electrons. The molecule has 4 aromatic rings. The van der Waals surface area contributed by atoms with Crippen molar-refractivity contribution >= 4 is 23.1 Å². The maximum absolute atomic E-state index is 16.2. The lowest BCUT2D eigenvalue weighted by atomic mass is 9.56. The number of aliphatic imine (C=N–C) groups is 1. The number of likely N-dealkylation sites (tertiary alicyclic amines) is 1. The third kappa shape index (κ3) is 5.67. The molecule has 1 saturated carbocycles. The van der Waals surface area contributed by atoms with Crippen LogP contribution in [0.1, 0.15) is 97.2 Å². The molecule has 5 heterocycles. The summed E-state index contributed by atoms with van der Waals surface area (Å²) in [6, 6.07) is 5.21. The fourth-order valence-corrected chi connectivity index (χ4v) is 8.66. The summed E-state index contributed by atoms with van der Waals surface area (Å²) in [5, 5.41) is 9.86. The molecule has 3 aromatic heterocycles. The van der Waals surface area contributed by atoms with Crippen molar-refractivity contribution in [2.45, 2.75) is 91.7 Å². The predicted molar refractivity (Wildman–Crippen MR) is 174 cm³/mol. The number of piperidine rings is 1. The monoisotopic (exact) mass is 644 g/mol. The summed E-state index contributed by atoms with van der Waals surface area (Å²) in [6.45, 7) is 13.3. The zero-order chi connectivity index (χ0) is 32.4. The van der Waals surface area contributed by atoms with Gasteiger partial charge in [-0.05, 0) is 108 Å². The summed E-state index contributed by atoms with van der Waals surface area (Å²) in [7, 11) is 0. The Kier molecular flexibility index (Phi) is 7.65. The first-order valence-electron chi connectivity index (χ1n) is 16.2. The van der Waals surface area contributed by atoms with Crippen LogP contribution in [0.3, 0.4) is 0 Å². The van der Waals surface area contributed by atoms with Crippen LogP contribution in [0.4, 0.5) is 9.18 Å². The molecule has 0 radical (unpaired) electrons. The molecule has 1 amide bonds. The highest BCUT2D eigenvalue weighted by molar-refractivity contribution is 7.15. The van der Waals surface area contributed by atoms with Crippen LogP contribution in [0.2, 0.25) is 0 Å². The molecular weight excluding hydrogens is 603 g/mol. The number of amides is 1. The number of hydrogen-bond acceptors (Lipinski definition) is 8. The van der Waals surface area contributed by atoms with E-state index >= 15 is 4.39 Å². The van der Waals surface area contributed by atoms with Crippen LogP contribution >= 0.6 is 11.3 Å². The number of hydrogen-bond donors (Lipinski definition) is 0. The molecule has 1 aromatic carbocycles. The van der Waals surface area contributed by atoms with Gasteiger partial charge in [0.1, 0.15) is 34.5 Å². The fourth-order valence-electron chi connectivity index (χ4n) is 7.45. The number of carbonyl (C=O) groups excluding carboxylic acids is 1. The minimum Gasteiger partial charge on any atom is -0.449 e. The number of oxazole rings is 1.